The van der Waals surface area contributed by atoms with Crippen molar-refractivity contribution in [2.24, 2.45) is 5.92 Å². The van der Waals surface area contributed by atoms with Gasteiger partial charge >= 0.3 is 0 Å². The monoisotopic (exact) mass is 539 g/mol. The number of nitrogens with one attached hydrogen (secondary N) is 1. The molecule has 0 heterocycles. The predicted molar refractivity (Wildman–Crippen MR) is 146 cm³/mol. The van der Waals surface area contributed by atoms with Gasteiger partial charge in [-0.25, -0.2) is 12.8 Å². The summed E-state index contributed by atoms with van der Waals surface area (Å²) in [6, 6.07) is 19.5. The van der Waals surface area contributed by atoms with Gasteiger partial charge in [0.2, 0.25) is 11.8 Å². The van der Waals surface area contributed by atoms with Crippen molar-refractivity contribution in [3.05, 3.63) is 95.8 Å². The number of nitrogens with zero attached hydrogens (tertiary/aromatic N) is 2. The van der Waals surface area contributed by atoms with E-state index in [1.807, 2.05) is 51.1 Å². The molecule has 1 unspecified atom stereocenters. The molecule has 0 bridgehead atoms. The number of carbonyl (C=O) groups is 2. The third kappa shape index (κ3) is 7.41. The molecule has 0 spiro atoms. The van der Waals surface area contributed by atoms with Crippen LogP contribution >= 0.6 is 0 Å². The fraction of sp³-hybridized carbons (Fsp3) is 0.310. The first-order chi connectivity index (χ1) is 18.0. The molecule has 2 amide bonds. The van der Waals surface area contributed by atoms with Gasteiger partial charge in [0.1, 0.15) is 18.4 Å². The van der Waals surface area contributed by atoms with Crippen LogP contribution in [0.5, 0.6) is 0 Å². The van der Waals surface area contributed by atoms with E-state index in [-0.39, 0.29) is 29.0 Å². The van der Waals surface area contributed by atoms with Crippen molar-refractivity contribution in [1.82, 2.24) is 10.2 Å². The maximum atomic E-state index is 13.8. The number of rotatable bonds is 11. The number of halogens is 1. The van der Waals surface area contributed by atoms with E-state index in [1.54, 1.807) is 19.1 Å². The fourth-order valence-corrected chi connectivity index (χ4v) is 5.20. The highest BCUT2D eigenvalue weighted by molar-refractivity contribution is 7.92. The van der Waals surface area contributed by atoms with E-state index in [0.717, 1.165) is 27.6 Å². The lowest BCUT2D eigenvalue weighted by Crippen LogP contribution is -2.51. The summed E-state index contributed by atoms with van der Waals surface area (Å²) in [6.07, 6.45) is 0. The third-order valence-corrected chi connectivity index (χ3v) is 7.84. The Morgan fingerprint density at radius 1 is 0.895 bits per heavy atom. The molecule has 0 aliphatic rings. The molecule has 0 aromatic heterocycles. The zero-order valence-electron chi connectivity index (χ0n) is 22.1. The second-order valence-electron chi connectivity index (χ2n) is 9.62. The summed E-state index contributed by atoms with van der Waals surface area (Å²) in [5, 5.41) is 2.85. The van der Waals surface area contributed by atoms with Crippen molar-refractivity contribution in [3.63, 3.8) is 0 Å². The number of aryl methyl sites for hydroxylation is 1. The molecule has 9 heteroatoms. The molecule has 0 aliphatic heterocycles. The molecular weight excluding hydrogens is 505 g/mol. The van der Waals surface area contributed by atoms with Gasteiger partial charge in [-0.3, -0.25) is 13.9 Å². The summed E-state index contributed by atoms with van der Waals surface area (Å²) < 4.78 is 42.1. The van der Waals surface area contributed by atoms with Gasteiger partial charge in [0.25, 0.3) is 10.0 Å². The van der Waals surface area contributed by atoms with Crippen molar-refractivity contribution >= 4 is 27.5 Å². The van der Waals surface area contributed by atoms with Gasteiger partial charge in [0.15, 0.2) is 0 Å². The molecule has 1 N–H and O–H groups in total. The standard InChI is InChI=1S/C29H34FN3O4S/c1-21(2)18-31-29(35)23(4)32(19-24-8-6-5-7-9-24)28(34)20-33(26-14-12-25(30)13-15-26)38(36,37)27-16-10-22(3)11-17-27/h5-17,21,23H,18-20H2,1-4H3,(H,31,35). The van der Waals surface area contributed by atoms with Crippen molar-refractivity contribution in [2.75, 3.05) is 17.4 Å². The minimum atomic E-state index is -4.19. The lowest BCUT2D eigenvalue weighted by Gasteiger charge is -2.32. The first-order valence-corrected chi connectivity index (χ1v) is 13.9. The van der Waals surface area contributed by atoms with E-state index in [2.05, 4.69) is 5.32 Å². The zero-order valence-corrected chi connectivity index (χ0v) is 22.9. The number of amides is 2. The molecule has 3 aromatic rings. The second-order valence-corrected chi connectivity index (χ2v) is 11.5. The SMILES string of the molecule is Cc1ccc(S(=O)(=O)N(CC(=O)N(Cc2ccccc2)C(C)C(=O)NCC(C)C)c2ccc(F)cc2)cc1. The summed E-state index contributed by atoms with van der Waals surface area (Å²) in [4.78, 5) is 28.1. The molecule has 3 aromatic carbocycles. The van der Waals surface area contributed by atoms with Crippen LogP contribution in [0.4, 0.5) is 10.1 Å². The summed E-state index contributed by atoms with van der Waals surface area (Å²) in [5.74, 6) is -1.22. The van der Waals surface area contributed by atoms with Crippen LogP contribution in [-0.2, 0) is 26.2 Å². The van der Waals surface area contributed by atoms with E-state index >= 15 is 0 Å². The summed E-state index contributed by atoms with van der Waals surface area (Å²) >= 11 is 0. The number of sulfonamides is 1. The molecule has 0 aliphatic carbocycles. The maximum Gasteiger partial charge on any atom is 0.264 e. The third-order valence-electron chi connectivity index (χ3n) is 6.05. The maximum absolute atomic E-state index is 13.8. The van der Waals surface area contributed by atoms with Crippen molar-refractivity contribution < 1.29 is 22.4 Å². The molecule has 38 heavy (non-hydrogen) atoms. The van der Waals surface area contributed by atoms with Crippen LogP contribution in [0.1, 0.15) is 31.9 Å². The minimum Gasteiger partial charge on any atom is -0.354 e. The number of carbonyl (C=O) groups excluding carboxylic acids is 2. The Kier molecular flexibility index (Phi) is 9.63. The zero-order chi connectivity index (χ0) is 27.9. The number of hydrogen-bond donors (Lipinski definition) is 1. The molecule has 3 rings (SSSR count). The minimum absolute atomic E-state index is 0.00226. The first-order valence-electron chi connectivity index (χ1n) is 12.4. The summed E-state index contributed by atoms with van der Waals surface area (Å²) in [7, 11) is -4.19. The largest absolute Gasteiger partial charge is 0.354 e. The van der Waals surface area contributed by atoms with Gasteiger partial charge in [-0.1, -0.05) is 61.9 Å². The van der Waals surface area contributed by atoms with Gasteiger partial charge < -0.3 is 10.2 Å². The number of anilines is 1. The highest BCUT2D eigenvalue weighted by Gasteiger charge is 2.32. The predicted octanol–water partition coefficient (Wildman–Crippen LogP) is 4.52. The highest BCUT2D eigenvalue weighted by Crippen LogP contribution is 2.25. The molecule has 0 radical (unpaired) electrons. The quantitative estimate of drug-likeness (QED) is 0.388. The molecule has 202 valence electrons. The van der Waals surface area contributed by atoms with E-state index in [0.29, 0.717) is 6.54 Å². The fourth-order valence-electron chi connectivity index (χ4n) is 3.79. The topological polar surface area (TPSA) is 86.8 Å². The average molecular weight is 540 g/mol. The Labute approximate surface area is 224 Å². The lowest BCUT2D eigenvalue weighted by molar-refractivity contribution is -0.139. The average Bonchev–Trinajstić information content (AvgIpc) is 2.89. The Hall–Kier alpha value is -3.72. The smallest absolute Gasteiger partial charge is 0.264 e. The summed E-state index contributed by atoms with van der Waals surface area (Å²) in [6.45, 7) is 7.37. The van der Waals surface area contributed by atoms with E-state index in [1.165, 1.54) is 29.2 Å². The summed E-state index contributed by atoms with van der Waals surface area (Å²) in [5.41, 5.74) is 1.81. The van der Waals surface area contributed by atoms with Gasteiger partial charge in [-0.15, -0.1) is 0 Å². The van der Waals surface area contributed by atoms with Crippen molar-refractivity contribution in [1.29, 1.82) is 0 Å². The molecular formula is C29H34FN3O4S. The molecule has 1 atom stereocenters. The van der Waals surface area contributed by atoms with Gasteiger partial charge in [0, 0.05) is 13.1 Å². The molecule has 0 saturated carbocycles. The number of benzene rings is 3. The van der Waals surface area contributed by atoms with Gasteiger partial charge in [0.05, 0.1) is 10.6 Å². The van der Waals surface area contributed by atoms with E-state index in [4.69, 9.17) is 0 Å². The van der Waals surface area contributed by atoms with Crippen LogP contribution in [0.15, 0.2) is 83.8 Å². The Morgan fingerprint density at radius 3 is 2.08 bits per heavy atom. The Balaban J connectivity index is 1.99. The molecule has 0 fully saturated rings. The van der Waals surface area contributed by atoms with Gasteiger partial charge in [-0.05, 0) is 61.7 Å². The Morgan fingerprint density at radius 2 is 1.50 bits per heavy atom. The van der Waals surface area contributed by atoms with E-state index < -0.39 is 34.3 Å². The van der Waals surface area contributed by atoms with Crippen LogP contribution < -0.4 is 9.62 Å². The van der Waals surface area contributed by atoms with Crippen molar-refractivity contribution in [3.8, 4) is 0 Å². The highest BCUT2D eigenvalue weighted by atomic mass is 32.2. The van der Waals surface area contributed by atoms with E-state index in [9.17, 15) is 22.4 Å². The molecule has 0 saturated heterocycles. The lowest BCUT2D eigenvalue weighted by atomic mass is 10.1. The van der Waals surface area contributed by atoms with Gasteiger partial charge in [-0.2, -0.15) is 0 Å². The van der Waals surface area contributed by atoms with Crippen LogP contribution in [0.2, 0.25) is 0 Å². The molecule has 7 nitrogen and oxygen atoms in total. The van der Waals surface area contributed by atoms with Crippen LogP contribution in [0.25, 0.3) is 0 Å². The van der Waals surface area contributed by atoms with Crippen LogP contribution in [0, 0.1) is 18.7 Å². The van der Waals surface area contributed by atoms with Crippen LogP contribution in [0.3, 0.4) is 0 Å². The normalized spacial score (nSPS) is 12.2. The first kappa shape index (κ1) is 28.8. The van der Waals surface area contributed by atoms with Crippen LogP contribution in [-0.4, -0.2) is 44.3 Å². The Bertz CT molecular complexity index is 1330. The number of hydrogen-bond acceptors (Lipinski definition) is 4. The second kappa shape index (κ2) is 12.7. The van der Waals surface area contributed by atoms with Crippen molar-refractivity contribution in [2.45, 2.75) is 45.2 Å².